The highest BCUT2D eigenvalue weighted by Crippen LogP contribution is 2.29. The standard InChI is InChI=1S/C11H17BrN2O/c1-3-14(4-2)7-8-5-9(12)10(13)6-11(8)15/h5-6,15H,3-4,7,13H2,1-2H3. The molecule has 0 fully saturated rings. The predicted molar refractivity (Wildman–Crippen MR) is 66.8 cm³/mol. The van der Waals surface area contributed by atoms with Crippen LogP contribution in [0.25, 0.3) is 0 Å². The van der Waals surface area contributed by atoms with E-state index in [9.17, 15) is 5.11 Å². The number of rotatable bonds is 4. The molecule has 0 unspecified atom stereocenters. The number of nitrogen functional groups attached to an aromatic ring is 1. The van der Waals surface area contributed by atoms with Crippen LogP contribution in [0.1, 0.15) is 19.4 Å². The van der Waals surface area contributed by atoms with E-state index in [2.05, 4.69) is 34.7 Å². The Morgan fingerprint density at radius 3 is 2.47 bits per heavy atom. The van der Waals surface area contributed by atoms with Gasteiger partial charge in [0.15, 0.2) is 0 Å². The van der Waals surface area contributed by atoms with Crippen molar-refractivity contribution in [2.24, 2.45) is 0 Å². The Hall–Kier alpha value is -0.740. The fourth-order valence-electron chi connectivity index (χ4n) is 1.43. The van der Waals surface area contributed by atoms with Crippen LogP contribution in [0.4, 0.5) is 5.69 Å². The summed E-state index contributed by atoms with van der Waals surface area (Å²) < 4.78 is 0.836. The fourth-order valence-corrected chi connectivity index (χ4v) is 1.82. The molecule has 1 aromatic carbocycles. The summed E-state index contributed by atoms with van der Waals surface area (Å²) in [5.74, 6) is 0.266. The monoisotopic (exact) mass is 272 g/mol. The van der Waals surface area contributed by atoms with Crippen LogP contribution in [0.5, 0.6) is 5.75 Å². The molecule has 3 nitrogen and oxygen atoms in total. The minimum atomic E-state index is 0.266. The maximum Gasteiger partial charge on any atom is 0.122 e. The van der Waals surface area contributed by atoms with Crippen LogP contribution in [0.15, 0.2) is 16.6 Å². The van der Waals surface area contributed by atoms with Crippen LogP contribution in [0.3, 0.4) is 0 Å². The maximum atomic E-state index is 9.73. The fraction of sp³-hybridized carbons (Fsp3) is 0.455. The quantitative estimate of drug-likeness (QED) is 0.829. The van der Waals surface area contributed by atoms with Crippen LogP contribution < -0.4 is 5.73 Å². The highest BCUT2D eigenvalue weighted by molar-refractivity contribution is 9.10. The van der Waals surface area contributed by atoms with Crippen LogP contribution in [-0.4, -0.2) is 23.1 Å². The number of anilines is 1. The van der Waals surface area contributed by atoms with Gasteiger partial charge in [0.2, 0.25) is 0 Å². The van der Waals surface area contributed by atoms with E-state index in [1.807, 2.05) is 6.07 Å². The van der Waals surface area contributed by atoms with E-state index < -0.39 is 0 Å². The number of nitrogens with zero attached hydrogens (tertiary/aromatic N) is 1. The normalized spacial score (nSPS) is 10.9. The van der Waals surface area contributed by atoms with Gasteiger partial charge >= 0.3 is 0 Å². The molecule has 15 heavy (non-hydrogen) atoms. The lowest BCUT2D eigenvalue weighted by Crippen LogP contribution is -2.22. The van der Waals surface area contributed by atoms with Crippen molar-refractivity contribution in [2.45, 2.75) is 20.4 Å². The molecule has 0 atom stereocenters. The molecule has 84 valence electrons. The molecule has 0 aliphatic rings. The first-order valence-corrected chi connectivity index (χ1v) is 5.87. The molecular formula is C11H17BrN2O. The molecule has 0 saturated heterocycles. The number of phenolic OH excluding ortho intramolecular Hbond substituents is 1. The lowest BCUT2D eigenvalue weighted by Gasteiger charge is -2.19. The second-order valence-electron chi connectivity index (χ2n) is 3.46. The summed E-state index contributed by atoms with van der Waals surface area (Å²) in [6, 6.07) is 3.46. The lowest BCUT2D eigenvalue weighted by atomic mass is 10.1. The number of halogens is 1. The highest BCUT2D eigenvalue weighted by Gasteiger charge is 2.08. The van der Waals surface area contributed by atoms with E-state index in [-0.39, 0.29) is 5.75 Å². The smallest absolute Gasteiger partial charge is 0.122 e. The van der Waals surface area contributed by atoms with Crippen molar-refractivity contribution < 1.29 is 5.11 Å². The molecule has 1 rings (SSSR count). The maximum absolute atomic E-state index is 9.73. The van der Waals surface area contributed by atoms with Crippen molar-refractivity contribution in [3.05, 3.63) is 22.2 Å². The second-order valence-corrected chi connectivity index (χ2v) is 4.32. The summed E-state index contributed by atoms with van der Waals surface area (Å²) in [4.78, 5) is 2.23. The van der Waals surface area contributed by atoms with Gasteiger partial charge in [0.05, 0.1) is 0 Å². The van der Waals surface area contributed by atoms with Gasteiger partial charge < -0.3 is 10.8 Å². The van der Waals surface area contributed by atoms with E-state index in [0.29, 0.717) is 5.69 Å². The third-order valence-electron chi connectivity index (χ3n) is 2.49. The van der Waals surface area contributed by atoms with Gasteiger partial charge in [-0.25, -0.2) is 0 Å². The van der Waals surface area contributed by atoms with Crippen molar-refractivity contribution in [1.29, 1.82) is 0 Å². The molecule has 0 radical (unpaired) electrons. The molecule has 0 aliphatic heterocycles. The van der Waals surface area contributed by atoms with Crippen LogP contribution in [-0.2, 0) is 6.54 Å². The second kappa shape index (κ2) is 5.37. The molecule has 0 spiro atoms. The van der Waals surface area contributed by atoms with Gasteiger partial charge in [-0.05, 0) is 35.1 Å². The summed E-state index contributed by atoms with van der Waals surface area (Å²) in [5.41, 5.74) is 7.13. The molecule has 0 aliphatic carbocycles. The largest absolute Gasteiger partial charge is 0.508 e. The van der Waals surface area contributed by atoms with E-state index in [0.717, 1.165) is 29.7 Å². The van der Waals surface area contributed by atoms with Gasteiger partial charge in [-0.2, -0.15) is 0 Å². The first-order chi connectivity index (χ1) is 7.08. The van der Waals surface area contributed by atoms with Crippen LogP contribution >= 0.6 is 15.9 Å². The van der Waals surface area contributed by atoms with Crippen molar-refractivity contribution in [3.63, 3.8) is 0 Å². The Bertz CT molecular complexity index is 338. The minimum absolute atomic E-state index is 0.266. The molecular weight excluding hydrogens is 256 g/mol. The van der Waals surface area contributed by atoms with E-state index in [4.69, 9.17) is 5.73 Å². The van der Waals surface area contributed by atoms with Crippen molar-refractivity contribution in [2.75, 3.05) is 18.8 Å². The van der Waals surface area contributed by atoms with Gasteiger partial charge in [-0.15, -0.1) is 0 Å². The summed E-state index contributed by atoms with van der Waals surface area (Å²) in [5, 5.41) is 9.73. The predicted octanol–water partition coefficient (Wildman–Crippen LogP) is 2.58. The number of aromatic hydroxyl groups is 1. The molecule has 0 bridgehead atoms. The van der Waals surface area contributed by atoms with Crippen LogP contribution in [0, 0.1) is 0 Å². The molecule has 0 amide bonds. The average molecular weight is 273 g/mol. The summed E-state index contributed by atoms with van der Waals surface area (Å²) in [7, 11) is 0. The van der Waals surface area contributed by atoms with Crippen molar-refractivity contribution in [3.8, 4) is 5.75 Å². The van der Waals surface area contributed by atoms with Gasteiger partial charge in [-0.3, -0.25) is 4.90 Å². The Labute approximate surface area is 99.0 Å². The first kappa shape index (κ1) is 12.3. The average Bonchev–Trinajstić information content (AvgIpc) is 2.21. The number of nitrogens with two attached hydrogens (primary N) is 1. The topological polar surface area (TPSA) is 49.5 Å². The first-order valence-electron chi connectivity index (χ1n) is 5.07. The molecule has 0 aromatic heterocycles. The molecule has 1 aromatic rings. The molecule has 0 heterocycles. The third kappa shape index (κ3) is 3.11. The van der Waals surface area contributed by atoms with Gasteiger partial charge in [0, 0.05) is 28.3 Å². The Morgan fingerprint density at radius 2 is 1.93 bits per heavy atom. The van der Waals surface area contributed by atoms with Gasteiger partial charge in [-0.1, -0.05) is 13.8 Å². The summed E-state index contributed by atoms with van der Waals surface area (Å²) in [6.07, 6.45) is 0. The van der Waals surface area contributed by atoms with E-state index in [1.165, 1.54) is 0 Å². The van der Waals surface area contributed by atoms with Crippen molar-refractivity contribution in [1.82, 2.24) is 4.90 Å². The zero-order valence-electron chi connectivity index (χ0n) is 9.13. The summed E-state index contributed by atoms with van der Waals surface area (Å²) in [6.45, 7) is 6.90. The lowest BCUT2D eigenvalue weighted by molar-refractivity contribution is 0.291. The van der Waals surface area contributed by atoms with Crippen molar-refractivity contribution >= 4 is 21.6 Å². The van der Waals surface area contributed by atoms with Gasteiger partial charge in [0.1, 0.15) is 5.75 Å². The van der Waals surface area contributed by atoms with E-state index >= 15 is 0 Å². The minimum Gasteiger partial charge on any atom is -0.508 e. The number of hydrogen-bond donors (Lipinski definition) is 2. The van der Waals surface area contributed by atoms with E-state index in [1.54, 1.807) is 6.07 Å². The Balaban J connectivity index is 2.89. The summed E-state index contributed by atoms with van der Waals surface area (Å²) >= 11 is 3.36. The van der Waals surface area contributed by atoms with Crippen LogP contribution in [0.2, 0.25) is 0 Å². The molecule has 0 saturated carbocycles. The third-order valence-corrected chi connectivity index (χ3v) is 3.17. The molecule has 3 N–H and O–H groups in total. The number of phenols is 1. The highest BCUT2D eigenvalue weighted by atomic mass is 79.9. The zero-order chi connectivity index (χ0) is 11.4. The Kier molecular flexibility index (Phi) is 4.42. The number of hydrogen-bond acceptors (Lipinski definition) is 3. The molecule has 4 heteroatoms. The SMILES string of the molecule is CCN(CC)Cc1cc(Br)c(N)cc1O. The zero-order valence-corrected chi connectivity index (χ0v) is 10.7. The Morgan fingerprint density at radius 1 is 1.33 bits per heavy atom. The number of benzene rings is 1. The van der Waals surface area contributed by atoms with Gasteiger partial charge in [0.25, 0.3) is 0 Å².